The lowest BCUT2D eigenvalue weighted by Crippen LogP contribution is -2.12. The van der Waals surface area contributed by atoms with E-state index in [4.69, 9.17) is 0 Å². The lowest BCUT2D eigenvalue weighted by atomic mass is 9.84. The Morgan fingerprint density at radius 3 is 1.43 bits per heavy atom. The summed E-state index contributed by atoms with van der Waals surface area (Å²) < 4.78 is 0. The monoisotopic (exact) mass is 198 g/mol. The molecule has 1 saturated carbocycles. The molecule has 0 radical (unpaired) electrons. The molecule has 86 valence electrons. The Hall–Kier alpha value is 0. The minimum Gasteiger partial charge on any atom is -0.0625 e. The van der Waals surface area contributed by atoms with Crippen LogP contribution in [0.2, 0.25) is 0 Å². The maximum Gasteiger partial charge on any atom is -0.0360 e. The summed E-state index contributed by atoms with van der Waals surface area (Å²) in [6, 6.07) is 0. The van der Waals surface area contributed by atoms with Crippen LogP contribution in [0.3, 0.4) is 0 Å². The molecule has 0 unspecified atom stereocenters. The smallest absolute Gasteiger partial charge is 0.0360 e. The molecule has 0 heteroatoms. The highest BCUT2D eigenvalue weighted by Gasteiger charge is 2.13. The van der Waals surface area contributed by atoms with Crippen molar-refractivity contribution in [3.05, 3.63) is 0 Å². The van der Waals surface area contributed by atoms with Crippen LogP contribution in [0, 0.1) is 17.3 Å². The fourth-order valence-electron chi connectivity index (χ4n) is 1.31. The van der Waals surface area contributed by atoms with Crippen LogP contribution in [-0.4, -0.2) is 0 Å². The second-order valence-corrected chi connectivity index (χ2v) is 6.26. The Kier molecular flexibility index (Phi) is 6.48. The Bertz CT molecular complexity index is 121. The molecule has 0 aromatic rings. The van der Waals surface area contributed by atoms with Crippen LogP contribution in [0.15, 0.2) is 0 Å². The molecule has 0 aliphatic heterocycles. The maximum absolute atomic E-state index is 2.36. The maximum atomic E-state index is 2.36. The minimum absolute atomic E-state index is 0.500. The van der Waals surface area contributed by atoms with Gasteiger partial charge in [-0.1, -0.05) is 73.6 Å². The van der Waals surface area contributed by atoms with Gasteiger partial charge in [0.2, 0.25) is 0 Å². The van der Waals surface area contributed by atoms with Gasteiger partial charge in [0.1, 0.15) is 0 Å². The van der Waals surface area contributed by atoms with E-state index in [0.717, 1.165) is 11.8 Å². The Morgan fingerprint density at radius 1 is 0.929 bits per heavy atom. The van der Waals surface area contributed by atoms with Gasteiger partial charge in [-0.3, -0.25) is 0 Å². The molecular weight excluding hydrogens is 168 g/mol. The van der Waals surface area contributed by atoms with Gasteiger partial charge < -0.3 is 0 Å². The van der Waals surface area contributed by atoms with Crippen molar-refractivity contribution in [1.82, 2.24) is 0 Å². The van der Waals surface area contributed by atoms with Crippen LogP contribution >= 0.6 is 0 Å². The van der Waals surface area contributed by atoms with Gasteiger partial charge in [-0.25, -0.2) is 0 Å². The summed E-state index contributed by atoms with van der Waals surface area (Å²) in [4.78, 5) is 0. The van der Waals surface area contributed by atoms with Crippen molar-refractivity contribution in [3.8, 4) is 0 Å². The third-order valence-electron chi connectivity index (χ3n) is 3.63. The van der Waals surface area contributed by atoms with Crippen molar-refractivity contribution in [2.75, 3.05) is 0 Å². The molecule has 0 bridgehead atoms. The van der Waals surface area contributed by atoms with Crippen LogP contribution in [0.5, 0.6) is 0 Å². The highest BCUT2D eigenvalue weighted by molar-refractivity contribution is 4.64. The van der Waals surface area contributed by atoms with E-state index in [1.165, 1.54) is 32.1 Å². The zero-order chi connectivity index (χ0) is 11.2. The van der Waals surface area contributed by atoms with Crippen molar-refractivity contribution in [2.45, 2.75) is 73.6 Å². The minimum atomic E-state index is 0.500. The Balaban J connectivity index is 0.000000241. The van der Waals surface area contributed by atoms with Crippen LogP contribution < -0.4 is 0 Å². The van der Waals surface area contributed by atoms with Gasteiger partial charge in [0, 0.05) is 0 Å². The van der Waals surface area contributed by atoms with Gasteiger partial charge in [0.25, 0.3) is 0 Å². The largest absolute Gasteiger partial charge is 0.0625 e. The predicted octanol–water partition coefficient (Wildman–Crippen LogP) is 5.28. The Labute approximate surface area is 91.5 Å². The highest BCUT2D eigenvalue weighted by atomic mass is 14.2. The third-order valence-corrected chi connectivity index (χ3v) is 3.63. The van der Waals surface area contributed by atoms with Crippen molar-refractivity contribution in [1.29, 1.82) is 0 Å². The van der Waals surface area contributed by atoms with Gasteiger partial charge in [0.15, 0.2) is 0 Å². The normalized spacial score (nSPS) is 19.1. The molecule has 0 N–H and O–H groups in total. The first-order chi connectivity index (χ1) is 6.34. The van der Waals surface area contributed by atoms with E-state index in [2.05, 4.69) is 41.5 Å². The van der Waals surface area contributed by atoms with E-state index in [-0.39, 0.29) is 0 Å². The van der Waals surface area contributed by atoms with E-state index in [1.54, 1.807) is 0 Å². The van der Waals surface area contributed by atoms with E-state index < -0.39 is 0 Å². The quantitative estimate of drug-likeness (QED) is 0.497. The van der Waals surface area contributed by atoms with Gasteiger partial charge in [-0.05, 0) is 17.3 Å². The van der Waals surface area contributed by atoms with E-state index in [9.17, 15) is 0 Å². The summed E-state index contributed by atoms with van der Waals surface area (Å²) in [6.45, 7) is 13.6. The second kappa shape index (κ2) is 6.48. The standard InChI is InChI=1S/C7H14.C7H16/c1-7-5-3-2-4-6-7;1-6(2)7(3,4)5/h7H,2-6H2,1H3;6H,1-5H3. The summed E-state index contributed by atoms with van der Waals surface area (Å²) in [5.41, 5.74) is 0.500. The third kappa shape index (κ3) is 7.41. The predicted molar refractivity (Wildman–Crippen MR) is 66.5 cm³/mol. The molecule has 1 fully saturated rings. The molecule has 0 heterocycles. The first-order valence-electron chi connectivity index (χ1n) is 6.34. The number of hydrogen-bond acceptors (Lipinski definition) is 0. The van der Waals surface area contributed by atoms with Crippen molar-refractivity contribution < 1.29 is 0 Å². The fraction of sp³-hybridized carbons (Fsp3) is 1.00. The topological polar surface area (TPSA) is 0 Å². The van der Waals surface area contributed by atoms with Crippen LogP contribution in [-0.2, 0) is 0 Å². The summed E-state index contributed by atoms with van der Waals surface area (Å²) in [7, 11) is 0. The molecule has 14 heavy (non-hydrogen) atoms. The van der Waals surface area contributed by atoms with Crippen molar-refractivity contribution in [3.63, 3.8) is 0 Å². The van der Waals surface area contributed by atoms with E-state index >= 15 is 0 Å². The molecule has 0 spiro atoms. The summed E-state index contributed by atoms with van der Waals surface area (Å²) in [6.07, 6.45) is 7.44. The van der Waals surface area contributed by atoms with Gasteiger partial charge in [0.05, 0.1) is 0 Å². The number of rotatable bonds is 0. The molecule has 1 aliphatic rings. The average Bonchev–Trinajstić information content (AvgIpc) is 2.04. The van der Waals surface area contributed by atoms with Gasteiger partial charge in [-0.15, -0.1) is 0 Å². The first-order valence-corrected chi connectivity index (χ1v) is 6.34. The zero-order valence-corrected chi connectivity index (χ0v) is 11.2. The van der Waals surface area contributed by atoms with Crippen molar-refractivity contribution >= 4 is 0 Å². The van der Waals surface area contributed by atoms with Crippen molar-refractivity contribution in [2.24, 2.45) is 17.3 Å². The second-order valence-electron chi connectivity index (χ2n) is 6.26. The highest BCUT2D eigenvalue weighted by Crippen LogP contribution is 2.23. The van der Waals surface area contributed by atoms with Crippen LogP contribution in [0.4, 0.5) is 0 Å². The molecule has 0 atom stereocenters. The SMILES string of the molecule is CC(C)C(C)(C)C.CC1CCCCC1. The molecule has 0 saturated heterocycles. The Morgan fingerprint density at radius 2 is 1.29 bits per heavy atom. The zero-order valence-electron chi connectivity index (χ0n) is 11.2. The lowest BCUT2D eigenvalue weighted by molar-refractivity contribution is 0.283. The lowest BCUT2D eigenvalue weighted by Gasteiger charge is -2.22. The molecule has 1 rings (SSSR count). The first kappa shape index (κ1) is 14.0. The van der Waals surface area contributed by atoms with E-state index in [0.29, 0.717) is 5.41 Å². The molecule has 0 aromatic heterocycles. The van der Waals surface area contributed by atoms with E-state index in [1.807, 2.05) is 0 Å². The van der Waals surface area contributed by atoms with Gasteiger partial charge in [-0.2, -0.15) is 0 Å². The summed E-state index contributed by atoms with van der Waals surface area (Å²) in [5, 5.41) is 0. The fourth-order valence-corrected chi connectivity index (χ4v) is 1.31. The molecule has 1 aliphatic carbocycles. The van der Waals surface area contributed by atoms with Crippen LogP contribution in [0.25, 0.3) is 0 Å². The molecular formula is C14H30. The van der Waals surface area contributed by atoms with Crippen LogP contribution in [0.1, 0.15) is 73.6 Å². The molecule has 0 nitrogen and oxygen atoms in total. The summed E-state index contributed by atoms with van der Waals surface area (Å²) in [5.74, 6) is 1.83. The molecule has 0 aromatic carbocycles. The number of hydrogen-bond donors (Lipinski definition) is 0. The molecule has 0 amide bonds. The summed E-state index contributed by atoms with van der Waals surface area (Å²) >= 11 is 0. The van der Waals surface area contributed by atoms with Gasteiger partial charge >= 0.3 is 0 Å². The average molecular weight is 198 g/mol.